The average Bonchev–Trinajstić information content (AvgIpc) is 1.39. The van der Waals surface area contributed by atoms with Gasteiger partial charge in [-0.2, -0.15) is 5.26 Å². The van der Waals surface area contributed by atoms with E-state index in [9.17, 15) is 0 Å². The lowest BCUT2D eigenvalue weighted by atomic mass is 11.0. The topological polar surface area (TPSA) is 53.2 Å². The molecule has 0 N–H and O–H groups in total. The molecule has 3 nitrogen and oxygen atoms in total. The van der Waals surface area contributed by atoms with E-state index in [1.165, 1.54) is 6.92 Å². The van der Waals surface area contributed by atoms with Crippen LogP contribution in [-0.2, 0) is 0 Å². The van der Waals surface area contributed by atoms with Gasteiger partial charge in [0.25, 0.3) is 0 Å². The molecule has 0 aromatic rings. The van der Waals surface area contributed by atoms with Crippen molar-refractivity contribution in [1.29, 1.82) is 5.26 Å². The van der Waals surface area contributed by atoms with E-state index in [1.54, 1.807) is 10.8 Å². The van der Waals surface area contributed by atoms with Gasteiger partial charge in [-0.15, -0.1) is 4.91 Å². The van der Waals surface area contributed by atoms with Gasteiger partial charge in [-0.05, 0) is 0 Å². The first-order valence-corrected chi connectivity index (χ1v) is 1.41. The number of halogens is 1. The maximum atomic E-state index is 8.32. The molecule has 0 radical (unpaired) electrons. The summed E-state index contributed by atoms with van der Waals surface area (Å²) >= 11 is 4.07. The van der Waals surface area contributed by atoms with Gasteiger partial charge in [0.15, 0.2) is 0 Å². The summed E-state index contributed by atoms with van der Waals surface area (Å²) in [6.45, 7) is 1.43. The molecule has 0 amide bonds. The van der Waals surface area contributed by atoms with Crippen molar-refractivity contribution in [3.8, 4) is 6.07 Å². The average molecular weight is 107 g/mol. The van der Waals surface area contributed by atoms with Crippen molar-refractivity contribution < 1.29 is 0 Å². The van der Waals surface area contributed by atoms with Crippen LogP contribution in [0, 0.1) is 16.2 Å². The van der Waals surface area contributed by atoms with Gasteiger partial charge in [0, 0.05) is 11.6 Å². The van der Waals surface area contributed by atoms with Gasteiger partial charge >= 0.3 is 0 Å². The van der Waals surface area contributed by atoms with Crippen LogP contribution in [0.1, 0.15) is 6.92 Å². The summed E-state index contributed by atoms with van der Waals surface area (Å²) in [5.41, 5.74) is 0. The maximum absolute atomic E-state index is 8.32. The Balaban J connectivity index is 0. The third-order valence-electron chi connectivity index (χ3n) is 0. The standard InChI is InChI=1S/C2H3N.ClNO/c2*1-2-3/h1H3;. The molecule has 0 aliphatic rings. The number of nitriles is 1. The van der Waals surface area contributed by atoms with Gasteiger partial charge in [0.05, 0.1) is 17.8 Å². The van der Waals surface area contributed by atoms with Crippen LogP contribution in [0.4, 0.5) is 0 Å². The van der Waals surface area contributed by atoms with Crippen LogP contribution in [0.2, 0.25) is 0 Å². The predicted octanol–water partition coefficient (Wildman–Crippen LogP) is 1.44. The fraction of sp³-hybridized carbons (Fsp3) is 0.500. The van der Waals surface area contributed by atoms with Crippen molar-refractivity contribution in [3.63, 3.8) is 0 Å². The predicted molar refractivity (Wildman–Crippen MR) is 22.9 cm³/mol. The molecule has 0 rings (SSSR count). The summed E-state index contributed by atoms with van der Waals surface area (Å²) in [5, 5.41) is 7.32. The number of hydrogen-bond acceptors (Lipinski definition) is 3. The van der Waals surface area contributed by atoms with Crippen LogP contribution in [0.15, 0.2) is 4.70 Å². The van der Waals surface area contributed by atoms with Crippen LogP contribution in [0.5, 0.6) is 0 Å². The first-order chi connectivity index (χ1) is 2.83. The molecule has 0 saturated carbocycles. The summed E-state index contributed by atoms with van der Waals surface area (Å²) in [6, 6.07) is 1.75. The monoisotopic (exact) mass is 106 g/mol. The van der Waals surface area contributed by atoms with Crippen LogP contribution in [0.25, 0.3) is 0 Å². The molecule has 4 heteroatoms. The molecule has 0 heterocycles. The van der Waals surface area contributed by atoms with E-state index in [2.05, 4.69) is 11.8 Å². The molecule has 0 aromatic heterocycles. The van der Waals surface area contributed by atoms with Crippen LogP contribution >= 0.6 is 11.8 Å². The summed E-state index contributed by atoms with van der Waals surface area (Å²) in [4.78, 5) is 8.32. The van der Waals surface area contributed by atoms with Gasteiger partial charge in [0.1, 0.15) is 0 Å². The van der Waals surface area contributed by atoms with E-state index in [0.29, 0.717) is 0 Å². The van der Waals surface area contributed by atoms with E-state index in [4.69, 9.17) is 10.2 Å². The van der Waals surface area contributed by atoms with Crippen molar-refractivity contribution in [2.45, 2.75) is 6.92 Å². The molecule has 0 aliphatic heterocycles. The van der Waals surface area contributed by atoms with Crippen LogP contribution in [0.3, 0.4) is 0 Å². The van der Waals surface area contributed by atoms with Gasteiger partial charge < -0.3 is 0 Å². The van der Waals surface area contributed by atoms with E-state index in [-0.39, 0.29) is 0 Å². The minimum absolute atomic E-state index is 1.43. The van der Waals surface area contributed by atoms with Crippen molar-refractivity contribution >= 4 is 11.8 Å². The third-order valence-corrected chi connectivity index (χ3v) is 0. The second-order valence-electron chi connectivity index (χ2n) is 0.293. The molecule has 34 valence electrons. The molecule has 0 aromatic carbocycles. The Kier molecular flexibility index (Phi) is 39.6. The lowest BCUT2D eigenvalue weighted by Crippen LogP contribution is -1.10. The Morgan fingerprint density at radius 3 is 2.00 bits per heavy atom. The van der Waals surface area contributed by atoms with E-state index < -0.39 is 0 Å². The first-order valence-electron chi connectivity index (χ1n) is 1.08. The maximum Gasteiger partial charge on any atom is 0.0835 e. The Bertz CT molecular complexity index is 57.1. The zero-order valence-electron chi connectivity index (χ0n) is 3.18. The van der Waals surface area contributed by atoms with Gasteiger partial charge in [-0.1, -0.05) is 0 Å². The summed E-state index contributed by atoms with van der Waals surface area (Å²) < 4.78 is 1.72. The zero-order chi connectivity index (χ0) is 5.41. The molecule has 0 aliphatic carbocycles. The lowest BCUT2D eigenvalue weighted by Gasteiger charge is -1.20. The van der Waals surface area contributed by atoms with Crippen LogP contribution < -0.4 is 0 Å². The minimum atomic E-state index is 1.43. The molecular formula is C2H3ClN2O. The lowest BCUT2D eigenvalue weighted by molar-refractivity contribution is 1.49. The summed E-state index contributed by atoms with van der Waals surface area (Å²) in [5.74, 6) is 0. The van der Waals surface area contributed by atoms with Crippen LogP contribution in [-0.4, -0.2) is 0 Å². The van der Waals surface area contributed by atoms with Crippen molar-refractivity contribution in [3.05, 3.63) is 4.91 Å². The van der Waals surface area contributed by atoms with Crippen molar-refractivity contribution in [1.82, 2.24) is 0 Å². The number of nitrogens with zero attached hydrogens (tertiary/aromatic N) is 2. The first kappa shape index (κ1) is 9.03. The second kappa shape index (κ2) is 26.3. The number of rotatable bonds is 0. The van der Waals surface area contributed by atoms with Gasteiger partial charge in [0.2, 0.25) is 0 Å². The molecule has 6 heavy (non-hydrogen) atoms. The number of nitroso groups, excluding NO2 is 1. The highest BCUT2D eigenvalue weighted by atomic mass is 35.5. The Labute approximate surface area is 40.6 Å². The van der Waals surface area contributed by atoms with Gasteiger partial charge in [-0.25, -0.2) is 0 Å². The molecule has 0 spiro atoms. The molecule has 0 saturated heterocycles. The van der Waals surface area contributed by atoms with Gasteiger partial charge in [-0.3, -0.25) is 0 Å². The fourth-order valence-electron chi connectivity index (χ4n) is 0. The normalized spacial score (nSPS) is 3.50. The Morgan fingerprint density at radius 1 is 2.00 bits per heavy atom. The zero-order valence-corrected chi connectivity index (χ0v) is 3.94. The third kappa shape index (κ3) is 49.8. The second-order valence-corrected chi connectivity index (χ2v) is 0.431. The molecule has 0 bridgehead atoms. The van der Waals surface area contributed by atoms with E-state index in [0.717, 1.165) is 0 Å². The minimum Gasteiger partial charge on any atom is -0.199 e. The highest BCUT2D eigenvalue weighted by molar-refractivity contribution is 6.14. The number of hydrogen-bond donors (Lipinski definition) is 0. The summed E-state index contributed by atoms with van der Waals surface area (Å²) in [7, 11) is 0. The highest BCUT2D eigenvalue weighted by Crippen LogP contribution is 1.60. The fourth-order valence-corrected chi connectivity index (χ4v) is 0. The molecule has 0 unspecified atom stereocenters. The Hall–Kier alpha value is -0.620. The smallest absolute Gasteiger partial charge is 0.0835 e. The van der Waals surface area contributed by atoms with Crippen molar-refractivity contribution in [2.24, 2.45) is 4.70 Å². The summed E-state index contributed by atoms with van der Waals surface area (Å²) in [6.07, 6.45) is 0. The molecule has 0 fully saturated rings. The highest BCUT2D eigenvalue weighted by Gasteiger charge is 1.26. The quantitative estimate of drug-likeness (QED) is 0.439. The van der Waals surface area contributed by atoms with E-state index in [1.807, 2.05) is 0 Å². The van der Waals surface area contributed by atoms with E-state index >= 15 is 0 Å². The Morgan fingerprint density at radius 2 is 2.00 bits per heavy atom. The SMILES string of the molecule is CC#N.O=NCl. The molecular weight excluding hydrogens is 103 g/mol. The molecule has 0 atom stereocenters. The van der Waals surface area contributed by atoms with Crippen molar-refractivity contribution in [2.75, 3.05) is 0 Å². The largest absolute Gasteiger partial charge is 0.199 e.